The molecule has 1 saturated heterocycles. The quantitative estimate of drug-likeness (QED) is 0.847. The maximum Gasteiger partial charge on any atom is 0.341 e. The SMILES string of the molecule is [2H]C([2H])([2H])Oc1c(N2CCNCC2C)c(F)cc2c(=O)c(C(=O)O)cn(C3CC3)c12. The fourth-order valence-electron chi connectivity index (χ4n) is 3.77. The standard InChI is InChI=1S/C19H22FN3O4/c1-10-8-21-5-6-22(10)16-14(20)7-12-15(18(16)27-2)23(11-3-4-11)9-13(17(12)24)19(25)26/h7,9-11,21H,3-6,8H2,1-2H3,(H,25,26)/i2D3. The van der Waals surface area contributed by atoms with Crippen molar-refractivity contribution in [1.29, 1.82) is 0 Å². The summed E-state index contributed by atoms with van der Waals surface area (Å²) >= 11 is 0. The van der Waals surface area contributed by atoms with Gasteiger partial charge in [0.25, 0.3) is 0 Å². The summed E-state index contributed by atoms with van der Waals surface area (Å²) in [7, 11) is -2.89. The van der Waals surface area contributed by atoms with E-state index in [1.54, 1.807) is 9.47 Å². The zero-order valence-corrected chi connectivity index (χ0v) is 14.8. The molecule has 1 atom stereocenters. The first-order valence-corrected chi connectivity index (χ1v) is 8.89. The number of benzene rings is 1. The first-order chi connectivity index (χ1) is 14.1. The third kappa shape index (κ3) is 2.84. The van der Waals surface area contributed by atoms with Crippen LogP contribution in [-0.4, -0.2) is 48.4 Å². The smallest absolute Gasteiger partial charge is 0.341 e. The Morgan fingerprint density at radius 3 is 2.89 bits per heavy atom. The van der Waals surface area contributed by atoms with Crippen molar-refractivity contribution in [3.05, 3.63) is 33.9 Å². The van der Waals surface area contributed by atoms with Gasteiger partial charge in [0.05, 0.1) is 22.1 Å². The first kappa shape index (κ1) is 14.4. The molecule has 1 aliphatic heterocycles. The molecule has 27 heavy (non-hydrogen) atoms. The van der Waals surface area contributed by atoms with Crippen LogP contribution in [0.5, 0.6) is 5.75 Å². The van der Waals surface area contributed by atoms with Gasteiger partial charge in [0.1, 0.15) is 11.3 Å². The van der Waals surface area contributed by atoms with E-state index < -0.39 is 29.8 Å². The summed E-state index contributed by atoms with van der Waals surface area (Å²) in [6.45, 7) is 3.43. The van der Waals surface area contributed by atoms with Gasteiger partial charge in [0, 0.05) is 37.9 Å². The van der Waals surface area contributed by atoms with E-state index in [0.29, 0.717) is 19.6 Å². The molecule has 2 aliphatic rings. The van der Waals surface area contributed by atoms with Gasteiger partial charge in [-0.25, -0.2) is 9.18 Å². The number of halogens is 1. The second-order valence-corrected chi connectivity index (χ2v) is 7.10. The van der Waals surface area contributed by atoms with Crippen molar-refractivity contribution in [1.82, 2.24) is 9.88 Å². The molecule has 0 bridgehead atoms. The number of carboxylic acid groups (broad SMARTS) is 1. The lowest BCUT2D eigenvalue weighted by Crippen LogP contribution is -2.50. The number of anilines is 1. The molecule has 2 heterocycles. The predicted octanol–water partition coefficient (Wildman–Crippen LogP) is 1.98. The summed E-state index contributed by atoms with van der Waals surface area (Å²) in [6.07, 6.45) is 2.68. The molecule has 1 saturated carbocycles. The van der Waals surface area contributed by atoms with E-state index in [9.17, 15) is 14.7 Å². The summed E-state index contributed by atoms with van der Waals surface area (Å²) in [6, 6.07) is 0.743. The van der Waals surface area contributed by atoms with E-state index in [1.165, 1.54) is 6.20 Å². The number of carboxylic acids is 1. The summed E-state index contributed by atoms with van der Waals surface area (Å²) < 4.78 is 45.0. The molecular weight excluding hydrogens is 353 g/mol. The van der Waals surface area contributed by atoms with E-state index in [2.05, 4.69) is 5.32 Å². The molecule has 1 aromatic heterocycles. The third-order valence-electron chi connectivity index (χ3n) is 5.26. The molecule has 2 fully saturated rings. The van der Waals surface area contributed by atoms with Crippen LogP contribution in [0.15, 0.2) is 17.1 Å². The van der Waals surface area contributed by atoms with E-state index in [4.69, 9.17) is 8.85 Å². The fourth-order valence-corrected chi connectivity index (χ4v) is 3.77. The largest absolute Gasteiger partial charge is 0.492 e. The fraction of sp³-hybridized carbons (Fsp3) is 0.474. The zero-order valence-electron chi connectivity index (χ0n) is 17.8. The van der Waals surface area contributed by atoms with Gasteiger partial charge in [-0.05, 0) is 25.8 Å². The maximum absolute atomic E-state index is 15.4. The van der Waals surface area contributed by atoms with Gasteiger partial charge < -0.3 is 24.6 Å². The Hall–Kier alpha value is -2.61. The van der Waals surface area contributed by atoms with Crippen LogP contribution >= 0.6 is 0 Å². The van der Waals surface area contributed by atoms with Gasteiger partial charge >= 0.3 is 5.97 Å². The molecule has 1 unspecified atom stereocenters. The van der Waals surface area contributed by atoms with E-state index in [0.717, 1.165) is 18.9 Å². The van der Waals surface area contributed by atoms with Crippen LogP contribution in [0.3, 0.4) is 0 Å². The lowest BCUT2D eigenvalue weighted by Gasteiger charge is -2.37. The van der Waals surface area contributed by atoms with E-state index in [-0.39, 0.29) is 34.4 Å². The van der Waals surface area contributed by atoms with Crippen LogP contribution in [0.25, 0.3) is 10.9 Å². The Morgan fingerprint density at radius 1 is 1.48 bits per heavy atom. The second-order valence-electron chi connectivity index (χ2n) is 7.10. The molecule has 2 N–H and O–H groups in total. The van der Waals surface area contributed by atoms with Gasteiger partial charge in [-0.1, -0.05) is 0 Å². The van der Waals surface area contributed by atoms with Crippen LogP contribution in [0.2, 0.25) is 0 Å². The molecule has 0 amide bonds. The molecule has 144 valence electrons. The number of hydrogen-bond acceptors (Lipinski definition) is 5. The average molecular weight is 378 g/mol. The highest BCUT2D eigenvalue weighted by atomic mass is 19.1. The van der Waals surface area contributed by atoms with Gasteiger partial charge in [-0.2, -0.15) is 0 Å². The van der Waals surface area contributed by atoms with Crippen molar-refractivity contribution in [3.8, 4) is 5.75 Å². The number of fused-ring (bicyclic) bond motifs is 1. The lowest BCUT2D eigenvalue weighted by atomic mass is 10.1. The lowest BCUT2D eigenvalue weighted by molar-refractivity contribution is 0.0695. The zero-order chi connectivity index (χ0) is 21.8. The van der Waals surface area contributed by atoms with Gasteiger partial charge in [-0.15, -0.1) is 0 Å². The molecule has 2 aromatic rings. The van der Waals surface area contributed by atoms with Gasteiger partial charge in [0.15, 0.2) is 11.6 Å². The number of hydrogen-bond donors (Lipinski definition) is 2. The van der Waals surface area contributed by atoms with Crippen molar-refractivity contribution in [2.45, 2.75) is 31.8 Å². The summed E-state index contributed by atoms with van der Waals surface area (Å²) in [5, 5.41) is 12.4. The van der Waals surface area contributed by atoms with Crippen molar-refractivity contribution in [3.63, 3.8) is 0 Å². The number of methoxy groups -OCH3 is 1. The normalized spacial score (nSPS) is 22.2. The highest BCUT2D eigenvalue weighted by Crippen LogP contribution is 2.44. The minimum atomic E-state index is -2.89. The van der Waals surface area contributed by atoms with Crippen LogP contribution in [0.1, 0.15) is 40.3 Å². The molecule has 8 heteroatoms. The molecule has 1 aliphatic carbocycles. The molecular formula is C19H22FN3O4. The number of aromatic nitrogens is 1. The number of rotatable bonds is 4. The number of aromatic carboxylic acids is 1. The van der Waals surface area contributed by atoms with Crippen molar-refractivity contribution >= 4 is 22.6 Å². The third-order valence-corrected chi connectivity index (χ3v) is 5.26. The minimum Gasteiger partial charge on any atom is -0.492 e. The van der Waals surface area contributed by atoms with Gasteiger partial charge in [0.2, 0.25) is 5.43 Å². The van der Waals surface area contributed by atoms with Crippen molar-refractivity contribution < 1.29 is 23.1 Å². The summed E-state index contributed by atoms with van der Waals surface area (Å²) in [5.74, 6) is -2.49. The molecule has 1 aromatic carbocycles. The average Bonchev–Trinajstić information content (AvgIpc) is 3.47. The Bertz CT molecular complexity index is 1080. The molecule has 7 nitrogen and oxygen atoms in total. The molecule has 0 radical (unpaired) electrons. The topological polar surface area (TPSA) is 83.8 Å². The number of ether oxygens (including phenoxy) is 1. The number of piperazine rings is 1. The Morgan fingerprint density at radius 2 is 2.26 bits per heavy atom. The first-order valence-electron chi connectivity index (χ1n) is 10.4. The number of nitrogens with zero attached hydrogens (tertiary/aromatic N) is 2. The number of carbonyl (C=O) groups is 1. The summed E-state index contributed by atoms with van der Waals surface area (Å²) in [5.41, 5.74) is -1.27. The highest BCUT2D eigenvalue weighted by Gasteiger charge is 2.32. The van der Waals surface area contributed by atoms with Crippen LogP contribution in [0.4, 0.5) is 10.1 Å². The number of nitrogens with one attached hydrogen (secondary N) is 1. The Labute approximate surface area is 159 Å². The molecule has 0 spiro atoms. The van der Waals surface area contributed by atoms with Crippen molar-refractivity contribution in [2.24, 2.45) is 0 Å². The predicted molar refractivity (Wildman–Crippen MR) is 99.6 cm³/mol. The highest BCUT2D eigenvalue weighted by molar-refractivity contribution is 5.97. The van der Waals surface area contributed by atoms with Crippen LogP contribution in [-0.2, 0) is 0 Å². The van der Waals surface area contributed by atoms with Crippen LogP contribution < -0.4 is 20.4 Å². The monoisotopic (exact) mass is 378 g/mol. The Balaban J connectivity index is 2.09. The summed E-state index contributed by atoms with van der Waals surface area (Å²) in [4.78, 5) is 26.1. The van der Waals surface area contributed by atoms with Gasteiger partial charge in [-0.3, -0.25) is 4.79 Å². The number of pyridine rings is 1. The van der Waals surface area contributed by atoms with Crippen molar-refractivity contribution in [2.75, 3.05) is 31.6 Å². The van der Waals surface area contributed by atoms with E-state index >= 15 is 4.39 Å². The second kappa shape index (κ2) is 6.53. The minimum absolute atomic E-state index is 0.0236. The van der Waals surface area contributed by atoms with Crippen LogP contribution in [0, 0.1) is 5.82 Å². The molecule has 4 rings (SSSR count). The Kier molecular flexibility index (Phi) is 3.49. The van der Waals surface area contributed by atoms with E-state index in [1.807, 2.05) is 6.92 Å². The maximum atomic E-state index is 15.4.